The van der Waals surface area contributed by atoms with Crippen LogP contribution >= 0.6 is 0 Å². The number of carbonyl (C=O) groups is 1. The van der Waals surface area contributed by atoms with Crippen LogP contribution in [0, 0.1) is 5.92 Å². The van der Waals surface area contributed by atoms with Crippen molar-refractivity contribution in [3.05, 3.63) is 35.9 Å². The Kier molecular flexibility index (Phi) is 4.33. The minimum absolute atomic E-state index is 0.241. The number of hydrogen-bond acceptors (Lipinski definition) is 3. The first-order valence-electron chi connectivity index (χ1n) is 7.13. The van der Waals surface area contributed by atoms with Gasteiger partial charge >= 0.3 is 6.09 Å². The number of nitrogens with zero attached hydrogens (tertiary/aromatic N) is 1. The van der Waals surface area contributed by atoms with Crippen LogP contribution in [-0.4, -0.2) is 36.2 Å². The molecule has 0 spiro atoms. The fourth-order valence-electron chi connectivity index (χ4n) is 2.66. The molecule has 0 radical (unpaired) electrons. The van der Waals surface area contributed by atoms with Gasteiger partial charge in [-0.05, 0) is 38.8 Å². The molecule has 110 valence electrons. The molecule has 0 aliphatic carbocycles. The molecule has 1 saturated heterocycles. The molecule has 2 atom stereocenters. The smallest absolute Gasteiger partial charge is 0.410 e. The predicted molar refractivity (Wildman–Crippen MR) is 79.5 cm³/mol. The number of likely N-dealkylation sites (tertiary alicyclic amines) is 1. The monoisotopic (exact) mass is 276 g/mol. The van der Waals surface area contributed by atoms with Crippen LogP contribution in [0.4, 0.5) is 4.79 Å². The Morgan fingerprint density at radius 1 is 1.30 bits per heavy atom. The average Bonchev–Trinajstić information content (AvgIpc) is 2.82. The fraction of sp³-hybridized carbons (Fsp3) is 0.562. The van der Waals surface area contributed by atoms with E-state index in [1.54, 1.807) is 4.90 Å². The Balaban J connectivity index is 2.08. The lowest BCUT2D eigenvalue weighted by atomic mass is 9.89. The van der Waals surface area contributed by atoms with Gasteiger partial charge in [-0.3, -0.25) is 0 Å². The van der Waals surface area contributed by atoms with E-state index < -0.39 is 5.60 Å². The maximum Gasteiger partial charge on any atom is 0.410 e. The molecule has 1 heterocycles. The molecule has 1 aromatic rings. The Morgan fingerprint density at radius 2 is 1.95 bits per heavy atom. The lowest BCUT2D eigenvalue weighted by molar-refractivity contribution is 0.0287. The molecule has 4 nitrogen and oxygen atoms in total. The van der Waals surface area contributed by atoms with Crippen molar-refractivity contribution in [1.82, 2.24) is 4.90 Å². The van der Waals surface area contributed by atoms with Crippen molar-refractivity contribution in [3.63, 3.8) is 0 Å². The van der Waals surface area contributed by atoms with Gasteiger partial charge in [0.05, 0.1) is 0 Å². The summed E-state index contributed by atoms with van der Waals surface area (Å²) in [5, 5.41) is 0. The molecule has 20 heavy (non-hydrogen) atoms. The molecule has 4 heteroatoms. The Labute approximate surface area is 120 Å². The van der Waals surface area contributed by atoms with E-state index in [9.17, 15) is 4.79 Å². The third kappa shape index (κ3) is 3.51. The van der Waals surface area contributed by atoms with Crippen molar-refractivity contribution in [2.75, 3.05) is 19.6 Å². The van der Waals surface area contributed by atoms with Crippen molar-refractivity contribution < 1.29 is 9.53 Å². The molecule has 0 unspecified atom stereocenters. The molecule has 0 aromatic heterocycles. The van der Waals surface area contributed by atoms with Gasteiger partial charge in [0.1, 0.15) is 5.60 Å². The van der Waals surface area contributed by atoms with E-state index in [1.165, 1.54) is 5.56 Å². The summed E-state index contributed by atoms with van der Waals surface area (Å²) in [5.41, 5.74) is 6.66. The molecule has 1 aliphatic rings. The number of hydrogen-bond donors (Lipinski definition) is 1. The zero-order valence-electron chi connectivity index (χ0n) is 12.5. The molecule has 1 aliphatic heterocycles. The highest BCUT2D eigenvalue weighted by molar-refractivity contribution is 5.68. The third-order valence-electron chi connectivity index (χ3n) is 3.62. The average molecular weight is 276 g/mol. The van der Waals surface area contributed by atoms with Crippen molar-refractivity contribution >= 4 is 6.09 Å². The molecule has 0 saturated carbocycles. The van der Waals surface area contributed by atoms with Crippen molar-refractivity contribution in [2.45, 2.75) is 32.3 Å². The summed E-state index contributed by atoms with van der Waals surface area (Å²) in [6.07, 6.45) is -0.241. The van der Waals surface area contributed by atoms with Crippen LogP contribution in [0.3, 0.4) is 0 Å². The number of nitrogens with two attached hydrogens (primary N) is 1. The highest BCUT2D eigenvalue weighted by Gasteiger charge is 2.36. The number of carbonyl (C=O) groups excluding carboxylic acids is 1. The van der Waals surface area contributed by atoms with Gasteiger partial charge < -0.3 is 15.4 Å². The van der Waals surface area contributed by atoms with Crippen LogP contribution in [-0.2, 0) is 4.74 Å². The molecule has 1 fully saturated rings. The highest BCUT2D eigenvalue weighted by atomic mass is 16.6. The van der Waals surface area contributed by atoms with E-state index in [0.717, 1.165) is 0 Å². The lowest BCUT2D eigenvalue weighted by Crippen LogP contribution is -2.35. The van der Waals surface area contributed by atoms with Crippen LogP contribution in [0.15, 0.2) is 30.3 Å². The third-order valence-corrected chi connectivity index (χ3v) is 3.62. The SMILES string of the molecule is CC(C)(C)OC(=O)N1C[C@H](CN)[C@H](c2ccccc2)C1. The zero-order chi connectivity index (χ0) is 14.8. The molecule has 1 aromatic carbocycles. The van der Waals surface area contributed by atoms with Gasteiger partial charge in [-0.15, -0.1) is 0 Å². The van der Waals surface area contributed by atoms with Crippen molar-refractivity contribution in [3.8, 4) is 0 Å². The summed E-state index contributed by atoms with van der Waals surface area (Å²) >= 11 is 0. The van der Waals surface area contributed by atoms with Gasteiger partial charge in [0.2, 0.25) is 0 Å². The second kappa shape index (κ2) is 5.83. The van der Waals surface area contributed by atoms with Crippen LogP contribution in [0.1, 0.15) is 32.3 Å². The minimum atomic E-state index is -0.458. The van der Waals surface area contributed by atoms with Crippen LogP contribution in [0.5, 0.6) is 0 Å². The van der Waals surface area contributed by atoms with Crippen molar-refractivity contribution in [2.24, 2.45) is 11.7 Å². The van der Waals surface area contributed by atoms with Crippen LogP contribution < -0.4 is 5.73 Å². The molecule has 2 N–H and O–H groups in total. The summed E-state index contributed by atoms with van der Waals surface area (Å²) in [7, 11) is 0. The van der Waals surface area contributed by atoms with E-state index in [2.05, 4.69) is 12.1 Å². The van der Waals surface area contributed by atoms with Gasteiger partial charge in [0.25, 0.3) is 0 Å². The van der Waals surface area contributed by atoms with Gasteiger partial charge in [0, 0.05) is 19.0 Å². The fourth-order valence-corrected chi connectivity index (χ4v) is 2.66. The summed E-state index contributed by atoms with van der Waals surface area (Å²) < 4.78 is 5.44. The van der Waals surface area contributed by atoms with Gasteiger partial charge in [0.15, 0.2) is 0 Å². The Morgan fingerprint density at radius 3 is 2.50 bits per heavy atom. The first-order valence-corrected chi connectivity index (χ1v) is 7.13. The zero-order valence-corrected chi connectivity index (χ0v) is 12.5. The van der Waals surface area contributed by atoms with Gasteiger partial charge in [-0.2, -0.15) is 0 Å². The number of amides is 1. The van der Waals surface area contributed by atoms with E-state index in [1.807, 2.05) is 39.0 Å². The summed E-state index contributed by atoms with van der Waals surface area (Å²) in [6.45, 7) is 7.59. The Bertz CT molecular complexity index is 453. The topological polar surface area (TPSA) is 55.6 Å². The molecule has 1 amide bonds. The van der Waals surface area contributed by atoms with Crippen LogP contribution in [0.2, 0.25) is 0 Å². The predicted octanol–water partition coefficient (Wildman–Crippen LogP) is 2.60. The van der Waals surface area contributed by atoms with Gasteiger partial charge in [-0.25, -0.2) is 4.79 Å². The first kappa shape index (κ1) is 14.9. The summed E-state index contributed by atoms with van der Waals surface area (Å²) in [4.78, 5) is 13.9. The second-order valence-electron chi connectivity index (χ2n) is 6.40. The lowest BCUT2D eigenvalue weighted by Gasteiger charge is -2.24. The van der Waals surface area contributed by atoms with E-state index in [4.69, 9.17) is 10.5 Å². The minimum Gasteiger partial charge on any atom is -0.444 e. The number of rotatable bonds is 2. The maximum absolute atomic E-state index is 12.2. The molecule has 0 bridgehead atoms. The summed E-state index contributed by atoms with van der Waals surface area (Å²) in [6, 6.07) is 10.3. The summed E-state index contributed by atoms with van der Waals surface area (Å²) in [5.74, 6) is 0.596. The van der Waals surface area contributed by atoms with Crippen molar-refractivity contribution in [1.29, 1.82) is 0 Å². The van der Waals surface area contributed by atoms with Gasteiger partial charge in [-0.1, -0.05) is 30.3 Å². The highest BCUT2D eigenvalue weighted by Crippen LogP contribution is 2.32. The standard InChI is InChI=1S/C16H24N2O2/c1-16(2,3)20-15(19)18-10-13(9-17)14(11-18)12-7-5-4-6-8-12/h4-8,13-14H,9-11,17H2,1-3H3/t13-,14-/m0/s1. The van der Waals surface area contributed by atoms with Crippen LogP contribution in [0.25, 0.3) is 0 Å². The Hall–Kier alpha value is -1.55. The van der Waals surface area contributed by atoms with E-state index >= 15 is 0 Å². The largest absolute Gasteiger partial charge is 0.444 e. The van der Waals surface area contributed by atoms with E-state index in [-0.39, 0.29) is 6.09 Å². The molecular weight excluding hydrogens is 252 g/mol. The maximum atomic E-state index is 12.2. The molecular formula is C16H24N2O2. The normalized spacial score (nSPS) is 22.9. The number of benzene rings is 1. The number of ether oxygens (including phenoxy) is 1. The first-order chi connectivity index (χ1) is 9.40. The second-order valence-corrected chi connectivity index (χ2v) is 6.40. The van der Waals surface area contributed by atoms with E-state index in [0.29, 0.717) is 31.5 Å². The molecule has 2 rings (SSSR count). The quantitative estimate of drug-likeness (QED) is 0.903.